The predicted octanol–water partition coefficient (Wildman–Crippen LogP) is 3.17. The van der Waals surface area contributed by atoms with Gasteiger partial charge in [-0.25, -0.2) is 14.4 Å². The van der Waals surface area contributed by atoms with E-state index < -0.39 is 5.82 Å². The lowest BCUT2D eigenvalue weighted by Crippen LogP contribution is -2.05. The molecule has 0 saturated heterocycles. The standard InChI is InChI=1S/C15H16FN3O/c1-9-17-13(8-15(18-9)19-11-4-5-11)10-3-6-14(20-2)12(16)7-10/h3,6-8,11H,4-5H2,1-2H3,(H,17,18,19). The molecule has 0 atom stereocenters. The van der Waals surface area contributed by atoms with Crippen molar-refractivity contribution in [3.8, 4) is 17.0 Å². The summed E-state index contributed by atoms with van der Waals surface area (Å²) in [4.78, 5) is 8.72. The van der Waals surface area contributed by atoms with Crippen LogP contribution in [0.4, 0.5) is 10.2 Å². The molecule has 104 valence electrons. The van der Waals surface area contributed by atoms with Gasteiger partial charge in [0.05, 0.1) is 12.8 Å². The minimum Gasteiger partial charge on any atom is -0.494 e. The van der Waals surface area contributed by atoms with Gasteiger partial charge in [0.25, 0.3) is 0 Å². The first-order chi connectivity index (χ1) is 9.65. The van der Waals surface area contributed by atoms with Crippen LogP contribution in [0.15, 0.2) is 24.3 Å². The fourth-order valence-corrected chi connectivity index (χ4v) is 2.05. The van der Waals surface area contributed by atoms with Crippen molar-refractivity contribution in [1.82, 2.24) is 9.97 Å². The summed E-state index contributed by atoms with van der Waals surface area (Å²) in [6, 6.07) is 7.21. The number of benzene rings is 1. The van der Waals surface area contributed by atoms with Crippen LogP contribution in [-0.4, -0.2) is 23.1 Å². The number of hydrogen-bond acceptors (Lipinski definition) is 4. The van der Waals surface area contributed by atoms with Crippen LogP contribution in [0, 0.1) is 12.7 Å². The van der Waals surface area contributed by atoms with Crippen molar-refractivity contribution in [1.29, 1.82) is 0 Å². The van der Waals surface area contributed by atoms with Gasteiger partial charge in [-0.1, -0.05) is 0 Å². The zero-order valence-corrected chi connectivity index (χ0v) is 11.5. The monoisotopic (exact) mass is 273 g/mol. The highest BCUT2D eigenvalue weighted by molar-refractivity contribution is 5.63. The number of rotatable bonds is 4. The maximum Gasteiger partial charge on any atom is 0.165 e. The molecule has 0 radical (unpaired) electrons. The Hall–Kier alpha value is -2.17. The third-order valence-corrected chi connectivity index (χ3v) is 3.21. The van der Waals surface area contributed by atoms with E-state index in [1.807, 2.05) is 13.0 Å². The van der Waals surface area contributed by atoms with Gasteiger partial charge in [-0.05, 0) is 38.0 Å². The fraction of sp³-hybridized carbons (Fsp3) is 0.333. The van der Waals surface area contributed by atoms with Crippen LogP contribution in [0.25, 0.3) is 11.3 Å². The molecule has 1 aliphatic rings. The quantitative estimate of drug-likeness (QED) is 0.929. The number of ether oxygens (including phenoxy) is 1. The van der Waals surface area contributed by atoms with Crippen LogP contribution in [-0.2, 0) is 0 Å². The molecule has 0 unspecified atom stereocenters. The Balaban J connectivity index is 1.95. The normalized spacial score (nSPS) is 14.2. The molecule has 20 heavy (non-hydrogen) atoms. The Morgan fingerprint density at radius 2 is 2.05 bits per heavy atom. The number of hydrogen-bond donors (Lipinski definition) is 1. The number of anilines is 1. The second-order valence-corrected chi connectivity index (χ2v) is 4.95. The highest BCUT2D eigenvalue weighted by atomic mass is 19.1. The maximum absolute atomic E-state index is 13.8. The SMILES string of the molecule is COc1ccc(-c2cc(NC3CC3)nc(C)n2)cc1F. The average molecular weight is 273 g/mol. The van der Waals surface area contributed by atoms with E-state index in [4.69, 9.17) is 4.74 Å². The molecule has 5 heteroatoms. The summed E-state index contributed by atoms with van der Waals surface area (Å²) < 4.78 is 18.7. The average Bonchev–Trinajstić information content (AvgIpc) is 3.22. The number of aryl methyl sites for hydroxylation is 1. The van der Waals surface area contributed by atoms with Crippen LogP contribution in [0.3, 0.4) is 0 Å². The first-order valence-electron chi connectivity index (χ1n) is 6.62. The molecule has 4 nitrogen and oxygen atoms in total. The largest absolute Gasteiger partial charge is 0.494 e. The third-order valence-electron chi connectivity index (χ3n) is 3.21. The van der Waals surface area contributed by atoms with Gasteiger partial charge in [0.15, 0.2) is 11.6 Å². The van der Waals surface area contributed by atoms with E-state index in [1.165, 1.54) is 26.0 Å². The molecular weight excluding hydrogens is 257 g/mol. The van der Waals surface area contributed by atoms with Crippen molar-refractivity contribution in [3.63, 3.8) is 0 Å². The Kier molecular flexibility index (Phi) is 3.26. The molecule has 0 spiro atoms. The molecule has 1 heterocycles. The lowest BCUT2D eigenvalue weighted by atomic mass is 10.1. The highest BCUT2D eigenvalue weighted by Gasteiger charge is 2.21. The van der Waals surface area contributed by atoms with E-state index in [0.29, 0.717) is 23.1 Å². The number of methoxy groups -OCH3 is 1. The van der Waals surface area contributed by atoms with Gasteiger partial charge in [-0.2, -0.15) is 0 Å². The van der Waals surface area contributed by atoms with Crippen LogP contribution in [0.1, 0.15) is 18.7 Å². The number of nitrogens with one attached hydrogen (secondary N) is 1. The lowest BCUT2D eigenvalue weighted by molar-refractivity contribution is 0.386. The highest BCUT2D eigenvalue weighted by Crippen LogP contribution is 2.28. The Morgan fingerprint density at radius 3 is 2.70 bits per heavy atom. The van der Waals surface area contributed by atoms with Crippen LogP contribution >= 0.6 is 0 Å². The van der Waals surface area contributed by atoms with E-state index >= 15 is 0 Å². The smallest absolute Gasteiger partial charge is 0.165 e. The van der Waals surface area contributed by atoms with Gasteiger partial charge >= 0.3 is 0 Å². The molecule has 1 aliphatic carbocycles. The van der Waals surface area contributed by atoms with Crippen molar-refractivity contribution in [2.45, 2.75) is 25.8 Å². The molecule has 0 bridgehead atoms. The van der Waals surface area contributed by atoms with Crippen molar-refractivity contribution in [3.05, 3.63) is 35.9 Å². The summed E-state index contributed by atoms with van der Waals surface area (Å²) in [5.74, 6) is 1.31. The zero-order valence-electron chi connectivity index (χ0n) is 11.5. The van der Waals surface area contributed by atoms with Crippen LogP contribution in [0.2, 0.25) is 0 Å². The summed E-state index contributed by atoms with van der Waals surface area (Å²) in [5, 5.41) is 3.33. The van der Waals surface area contributed by atoms with Gasteiger partial charge in [0.1, 0.15) is 11.6 Å². The fourth-order valence-electron chi connectivity index (χ4n) is 2.05. The van der Waals surface area contributed by atoms with Gasteiger partial charge in [-0.3, -0.25) is 0 Å². The molecule has 1 aromatic carbocycles. The lowest BCUT2D eigenvalue weighted by Gasteiger charge is -2.09. The van der Waals surface area contributed by atoms with E-state index in [0.717, 1.165) is 5.82 Å². The summed E-state index contributed by atoms with van der Waals surface area (Å²) in [6.45, 7) is 1.83. The minimum absolute atomic E-state index is 0.232. The summed E-state index contributed by atoms with van der Waals surface area (Å²) in [5.41, 5.74) is 1.43. The van der Waals surface area contributed by atoms with Gasteiger partial charge in [0.2, 0.25) is 0 Å². The topological polar surface area (TPSA) is 47.0 Å². The summed E-state index contributed by atoms with van der Waals surface area (Å²) >= 11 is 0. The molecule has 3 rings (SSSR count). The Morgan fingerprint density at radius 1 is 1.25 bits per heavy atom. The maximum atomic E-state index is 13.8. The van der Waals surface area contributed by atoms with Gasteiger partial charge < -0.3 is 10.1 Å². The Bertz CT molecular complexity index is 641. The molecule has 1 fully saturated rings. The molecule has 1 saturated carbocycles. The van der Waals surface area contributed by atoms with Gasteiger partial charge in [-0.15, -0.1) is 0 Å². The molecule has 0 aliphatic heterocycles. The van der Waals surface area contributed by atoms with Crippen molar-refractivity contribution in [2.24, 2.45) is 0 Å². The number of halogens is 1. The first kappa shape index (κ1) is 12.8. The number of nitrogens with zero attached hydrogens (tertiary/aromatic N) is 2. The van der Waals surface area contributed by atoms with Crippen molar-refractivity contribution in [2.75, 3.05) is 12.4 Å². The predicted molar refractivity (Wildman–Crippen MR) is 75.4 cm³/mol. The summed E-state index contributed by atoms with van der Waals surface area (Å²) in [6.07, 6.45) is 2.35. The molecule has 1 N–H and O–H groups in total. The van der Waals surface area contributed by atoms with E-state index in [2.05, 4.69) is 15.3 Å². The summed E-state index contributed by atoms with van der Waals surface area (Å²) in [7, 11) is 1.45. The second kappa shape index (κ2) is 5.07. The van der Waals surface area contributed by atoms with Crippen LogP contribution in [0.5, 0.6) is 5.75 Å². The third kappa shape index (κ3) is 2.71. The van der Waals surface area contributed by atoms with Gasteiger partial charge in [0, 0.05) is 17.7 Å². The number of aromatic nitrogens is 2. The van der Waals surface area contributed by atoms with Crippen LogP contribution < -0.4 is 10.1 Å². The van der Waals surface area contributed by atoms with E-state index in [1.54, 1.807) is 12.1 Å². The minimum atomic E-state index is -0.391. The van der Waals surface area contributed by atoms with E-state index in [9.17, 15) is 4.39 Å². The molecular formula is C15H16FN3O. The molecule has 0 amide bonds. The second-order valence-electron chi connectivity index (χ2n) is 4.95. The molecule has 1 aromatic heterocycles. The van der Waals surface area contributed by atoms with Crippen molar-refractivity contribution >= 4 is 5.82 Å². The Labute approximate surface area is 117 Å². The van der Waals surface area contributed by atoms with E-state index in [-0.39, 0.29) is 5.75 Å². The van der Waals surface area contributed by atoms with Crippen molar-refractivity contribution < 1.29 is 9.13 Å². The molecule has 2 aromatic rings. The zero-order chi connectivity index (χ0) is 14.1. The first-order valence-corrected chi connectivity index (χ1v) is 6.62.